The average molecular weight is 218 g/mol. The standard InChI is InChI=1S/C12H14N2O2/c1-9-10(12(15)16)5-6-11(13-9)14-7-3-2-4-8-14/h2-3,5-6H,4,7-8H2,1H3,(H,15,16). The van der Waals surface area contributed by atoms with E-state index in [1.807, 2.05) is 0 Å². The summed E-state index contributed by atoms with van der Waals surface area (Å²) in [6.07, 6.45) is 5.27. The van der Waals surface area contributed by atoms with Crippen molar-refractivity contribution in [2.45, 2.75) is 13.3 Å². The topological polar surface area (TPSA) is 53.4 Å². The monoisotopic (exact) mass is 218 g/mol. The SMILES string of the molecule is Cc1nc(N2CC=CCC2)ccc1C(=O)O. The van der Waals surface area contributed by atoms with Gasteiger partial charge in [-0.2, -0.15) is 0 Å². The fourth-order valence-electron chi connectivity index (χ4n) is 1.80. The zero-order chi connectivity index (χ0) is 11.5. The Kier molecular flexibility index (Phi) is 2.90. The summed E-state index contributed by atoms with van der Waals surface area (Å²) in [6.45, 7) is 3.51. The van der Waals surface area contributed by atoms with Gasteiger partial charge in [0, 0.05) is 13.1 Å². The molecule has 1 aliphatic heterocycles. The van der Waals surface area contributed by atoms with Gasteiger partial charge in [-0.1, -0.05) is 12.2 Å². The van der Waals surface area contributed by atoms with Crippen LogP contribution in [0.5, 0.6) is 0 Å². The lowest BCUT2D eigenvalue weighted by Gasteiger charge is -2.24. The molecule has 0 fully saturated rings. The molecule has 2 rings (SSSR count). The van der Waals surface area contributed by atoms with Gasteiger partial charge in [0.2, 0.25) is 0 Å². The highest BCUT2D eigenvalue weighted by atomic mass is 16.4. The number of hydrogen-bond acceptors (Lipinski definition) is 3. The van der Waals surface area contributed by atoms with Crippen LogP contribution in [0.2, 0.25) is 0 Å². The van der Waals surface area contributed by atoms with Gasteiger partial charge in [-0.3, -0.25) is 0 Å². The van der Waals surface area contributed by atoms with Crippen LogP contribution in [0.3, 0.4) is 0 Å². The summed E-state index contributed by atoms with van der Waals surface area (Å²) in [5, 5.41) is 8.90. The molecule has 0 bridgehead atoms. The number of anilines is 1. The van der Waals surface area contributed by atoms with E-state index < -0.39 is 5.97 Å². The maximum absolute atomic E-state index is 10.8. The number of carboxylic acids is 1. The van der Waals surface area contributed by atoms with Crippen LogP contribution in [-0.2, 0) is 0 Å². The molecular weight excluding hydrogens is 204 g/mol. The number of aromatic nitrogens is 1. The van der Waals surface area contributed by atoms with Crippen molar-refractivity contribution in [1.29, 1.82) is 0 Å². The maximum atomic E-state index is 10.8. The molecule has 0 saturated heterocycles. The molecule has 0 aromatic carbocycles. The van der Waals surface area contributed by atoms with E-state index in [4.69, 9.17) is 5.11 Å². The number of carbonyl (C=O) groups is 1. The zero-order valence-corrected chi connectivity index (χ0v) is 9.18. The summed E-state index contributed by atoms with van der Waals surface area (Å²) in [7, 11) is 0. The van der Waals surface area contributed by atoms with Crippen molar-refractivity contribution in [2.75, 3.05) is 18.0 Å². The first-order chi connectivity index (χ1) is 7.68. The molecule has 1 aromatic heterocycles. The first-order valence-electron chi connectivity index (χ1n) is 5.29. The van der Waals surface area contributed by atoms with E-state index in [2.05, 4.69) is 22.0 Å². The van der Waals surface area contributed by atoms with Crippen LogP contribution in [0.25, 0.3) is 0 Å². The fourth-order valence-corrected chi connectivity index (χ4v) is 1.80. The minimum absolute atomic E-state index is 0.274. The number of aromatic carboxylic acids is 1. The Labute approximate surface area is 94.2 Å². The molecule has 4 heteroatoms. The van der Waals surface area contributed by atoms with E-state index in [-0.39, 0.29) is 5.56 Å². The number of nitrogens with zero attached hydrogens (tertiary/aromatic N) is 2. The predicted octanol–water partition coefficient (Wildman–Crippen LogP) is 1.85. The maximum Gasteiger partial charge on any atom is 0.337 e. The van der Waals surface area contributed by atoms with Crippen molar-refractivity contribution >= 4 is 11.8 Å². The lowest BCUT2D eigenvalue weighted by molar-refractivity contribution is 0.0695. The van der Waals surface area contributed by atoms with Crippen molar-refractivity contribution in [3.05, 3.63) is 35.5 Å². The van der Waals surface area contributed by atoms with Crippen molar-refractivity contribution in [3.63, 3.8) is 0 Å². The predicted molar refractivity (Wildman–Crippen MR) is 61.9 cm³/mol. The highest BCUT2D eigenvalue weighted by Crippen LogP contribution is 2.17. The van der Waals surface area contributed by atoms with E-state index in [9.17, 15) is 4.79 Å². The molecular formula is C12H14N2O2. The lowest BCUT2D eigenvalue weighted by atomic mass is 10.2. The third kappa shape index (κ3) is 2.05. The highest BCUT2D eigenvalue weighted by Gasteiger charge is 2.12. The summed E-state index contributed by atoms with van der Waals surface area (Å²) >= 11 is 0. The number of carboxylic acid groups (broad SMARTS) is 1. The molecule has 84 valence electrons. The average Bonchev–Trinajstić information content (AvgIpc) is 2.29. The molecule has 1 N–H and O–H groups in total. The first kappa shape index (κ1) is 10.7. The molecule has 0 radical (unpaired) electrons. The molecule has 1 aliphatic rings. The second-order valence-corrected chi connectivity index (χ2v) is 3.81. The minimum atomic E-state index is -0.921. The molecule has 1 aromatic rings. The van der Waals surface area contributed by atoms with Gasteiger partial charge in [-0.15, -0.1) is 0 Å². The second-order valence-electron chi connectivity index (χ2n) is 3.81. The van der Waals surface area contributed by atoms with Crippen LogP contribution < -0.4 is 4.90 Å². The largest absolute Gasteiger partial charge is 0.478 e. The summed E-state index contributed by atoms with van der Waals surface area (Å²) < 4.78 is 0. The minimum Gasteiger partial charge on any atom is -0.478 e. The van der Waals surface area contributed by atoms with E-state index in [1.54, 1.807) is 19.1 Å². The van der Waals surface area contributed by atoms with Crippen LogP contribution in [0, 0.1) is 6.92 Å². The molecule has 0 saturated carbocycles. The van der Waals surface area contributed by atoms with E-state index >= 15 is 0 Å². The Bertz CT molecular complexity index is 441. The zero-order valence-electron chi connectivity index (χ0n) is 9.18. The Morgan fingerprint density at radius 1 is 1.44 bits per heavy atom. The molecule has 0 atom stereocenters. The fraction of sp³-hybridized carbons (Fsp3) is 0.333. The van der Waals surface area contributed by atoms with Crippen molar-refractivity contribution in [1.82, 2.24) is 4.98 Å². The summed E-state index contributed by atoms with van der Waals surface area (Å²) in [6, 6.07) is 3.40. The third-order valence-electron chi connectivity index (χ3n) is 2.68. The molecule has 2 heterocycles. The van der Waals surface area contributed by atoms with Crippen LogP contribution >= 0.6 is 0 Å². The van der Waals surface area contributed by atoms with Gasteiger partial charge in [-0.05, 0) is 25.5 Å². The Morgan fingerprint density at radius 2 is 2.25 bits per heavy atom. The third-order valence-corrected chi connectivity index (χ3v) is 2.68. The normalized spacial score (nSPS) is 15.2. The molecule has 0 aliphatic carbocycles. The summed E-state index contributed by atoms with van der Waals surface area (Å²) in [5.41, 5.74) is 0.843. The van der Waals surface area contributed by atoms with Crippen LogP contribution in [0.4, 0.5) is 5.82 Å². The van der Waals surface area contributed by atoms with E-state index in [0.717, 1.165) is 25.3 Å². The van der Waals surface area contributed by atoms with Gasteiger partial charge in [0.15, 0.2) is 0 Å². The van der Waals surface area contributed by atoms with E-state index in [0.29, 0.717) is 5.69 Å². The number of hydrogen-bond donors (Lipinski definition) is 1. The molecule has 0 unspecified atom stereocenters. The molecule has 0 amide bonds. The van der Waals surface area contributed by atoms with Crippen molar-refractivity contribution < 1.29 is 9.90 Å². The summed E-state index contributed by atoms with van der Waals surface area (Å²) in [4.78, 5) is 17.3. The second kappa shape index (κ2) is 4.35. The van der Waals surface area contributed by atoms with Gasteiger partial charge in [0.25, 0.3) is 0 Å². The van der Waals surface area contributed by atoms with Gasteiger partial charge in [0.1, 0.15) is 5.82 Å². The molecule has 0 spiro atoms. The van der Waals surface area contributed by atoms with Gasteiger partial charge in [-0.25, -0.2) is 9.78 Å². The van der Waals surface area contributed by atoms with Gasteiger partial charge >= 0.3 is 5.97 Å². The van der Waals surface area contributed by atoms with Gasteiger partial charge in [0.05, 0.1) is 11.3 Å². The van der Waals surface area contributed by atoms with Crippen LogP contribution in [-0.4, -0.2) is 29.1 Å². The lowest BCUT2D eigenvalue weighted by Crippen LogP contribution is -2.27. The molecule has 4 nitrogen and oxygen atoms in total. The number of rotatable bonds is 2. The Hall–Kier alpha value is -1.84. The molecule has 16 heavy (non-hydrogen) atoms. The van der Waals surface area contributed by atoms with Crippen LogP contribution in [0.15, 0.2) is 24.3 Å². The highest BCUT2D eigenvalue weighted by molar-refractivity contribution is 5.89. The first-order valence-corrected chi connectivity index (χ1v) is 5.29. The number of pyridine rings is 1. The Balaban J connectivity index is 2.26. The Morgan fingerprint density at radius 3 is 2.81 bits per heavy atom. The van der Waals surface area contributed by atoms with Crippen molar-refractivity contribution in [2.24, 2.45) is 0 Å². The van der Waals surface area contributed by atoms with Gasteiger partial charge < -0.3 is 10.0 Å². The summed E-state index contributed by atoms with van der Waals surface area (Å²) in [5.74, 6) is -0.0676. The quantitative estimate of drug-likeness (QED) is 0.770. The van der Waals surface area contributed by atoms with Crippen LogP contribution in [0.1, 0.15) is 22.5 Å². The number of aryl methyl sites for hydroxylation is 1. The van der Waals surface area contributed by atoms with E-state index in [1.165, 1.54) is 0 Å². The van der Waals surface area contributed by atoms with Crippen molar-refractivity contribution in [3.8, 4) is 0 Å². The smallest absolute Gasteiger partial charge is 0.337 e.